The molecule has 5 heteroatoms. The third-order valence-corrected chi connectivity index (χ3v) is 3.71. The highest BCUT2D eigenvalue weighted by molar-refractivity contribution is 4.94. The Bertz CT molecular complexity index is 319. The first kappa shape index (κ1) is 11.5. The van der Waals surface area contributed by atoms with Gasteiger partial charge in [0, 0.05) is 6.04 Å². The summed E-state index contributed by atoms with van der Waals surface area (Å²) in [6, 6.07) is 0.718. The molecule has 0 radical (unpaired) electrons. The van der Waals surface area contributed by atoms with Gasteiger partial charge in [0.15, 0.2) is 5.82 Å². The standard InChI is InChI=1S/C11H21N5/c1-8(10-13-15-16-14-10)12-9-6-4-5-7-11(9,2)3/h8-9,12H,4-7H2,1-3H3,(H,13,14,15,16). The maximum atomic E-state index is 4.02. The second-order valence-electron chi connectivity index (χ2n) is 5.45. The normalized spacial score (nSPS) is 26.6. The summed E-state index contributed by atoms with van der Waals surface area (Å²) >= 11 is 0. The van der Waals surface area contributed by atoms with Crippen LogP contribution < -0.4 is 5.32 Å². The average Bonchev–Trinajstić information content (AvgIpc) is 2.74. The van der Waals surface area contributed by atoms with Gasteiger partial charge in [-0.3, -0.25) is 0 Å². The van der Waals surface area contributed by atoms with Crippen LogP contribution in [0.2, 0.25) is 0 Å². The van der Waals surface area contributed by atoms with Crippen LogP contribution in [0.3, 0.4) is 0 Å². The highest BCUT2D eigenvalue weighted by atomic mass is 15.5. The van der Waals surface area contributed by atoms with E-state index in [1.165, 1.54) is 25.7 Å². The molecule has 2 atom stereocenters. The molecular weight excluding hydrogens is 202 g/mol. The molecule has 2 N–H and O–H groups in total. The van der Waals surface area contributed by atoms with E-state index in [1.54, 1.807) is 0 Å². The van der Waals surface area contributed by atoms with Crippen LogP contribution in [0.15, 0.2) is 0 Å². The van der Waals surface area contributed by atoms with Crippen LogP contribution in [0.1, 0.15) is 58.3 Å². The number of aromatic nitrogens is 4. The zero-order valence-corrected chi connectivity index (χ0v) is 10.3. The fourth-order valence-electron chi connectivity index (χ4n) is 2.53. The molecule has 1 aliphatic carbocycles. The van der Waals surface area contributed by atoms with Gasteiger partial charge in [-0.25, -0.2) is 0 Å². The van der Waals surface area contributed by atoms with Crippen LogP contribution in [-0.4, -0.2) is 26.7 Å². The predicted octanol–water partition coefficient (Wildman–Crippen LogP) is 1.82. The van der Waals surface area contributed by atoms with Gasteiger partial charge in [-0.1, -0.05) is 31.9 Å². The van der Waals surface area contributed by atoms with Crippen molar-refractivity contribution in [2.45, 2.75) is 58.5 Å². The van der Waals surface area contributed by atoms with Gasteiger partial charge in [0.25, 0.3) is 0 Å². The van der Waals surface area contributed by atoms with Crippen LogP contribution >= 0.6 is 0 Å². The van der Waals surface area contributed by atoms with E-state index in [-0.39, 0.29) is 6.04 Å². The van der Waals surface area contributed by atoms with E-state index >= 15 is 0 Å². The lowest BCUT2D eigenvalue weighted by molar-refractivity contribution is 0.156. The summed E-state index contributed by atoms with van der Waals surface area (Å²) in [7, 11) is 0. The molecule has 1 aliphatic rings. The lowest BCUT2D eigenvalue weighted by Crippen LogP contribution is -2.45. The van der Waals surface area contributed by atoms with Crippen molar-refractivity contribution in [3.63, 3.8) is 0 Å². The van der Waals surface area contributed by atoms with Gasteiger partial charge in [0.05, 0.1) is 6.04 Å². The molecule has 0 bridgehead atoms. The lowest BCUT2D eigenvalue weighted by Gasteiger charge is -2.40. The van der Waals surface area contributed by atoms with E-state index in [1.807, 2.05) is 0 Å². The summed E-state index contributed by atoms with van der Waals surface area (Å²) in [4.78, 5) is 0. The Hall–Kier alpha value is -0.970. The molecule has 0 aromatic carbocycles. The molecule has 0 saturated heterocycles. The fourth-order valence-corrected chi connectivity index (χ4v) is 2.53. The molecule has 16 heavy (non-hydrogen) atoms. The third kappa shape index (κ3) is 2.40. The SMILES string of the molecule is CC(NC1CCCCC1(C)C)c1nn[nH]n1. The molecule has 0 aliphatic heterocycles. The molecule has 2 unspecified atom stereocenters. The van der Waals surface area contributed by atoms with Gasteiger partial charge in [-0.2, -0.15) is 5.21 Å². The van der Waals surface area contributed by atoms with E-state index in [2.05, 4.69) is 46.7 Å². The number of hydrogen-bond acceptors (Lipinski definition) is 4. The zero-order valence-electron chi connectivity index (χ0n) is 10.3. The quantitative estimate of drug-likeness (QED) is 0.820. The number of rotatable bonds is 3. The van der Waals surface area contributed by atoms with Crippen molar-refractivity contribution in [2.24, 2.45) is 5.41 Å². The number of tetrazole rings is 1. The topological polar surface area (TPSA) is 66.5 Å². The molecule has 1 fully saturated rings. The Balaban J connectivity index is 1.98. The van der Waals surface area contributed by atoms with Crippen LogP contribution in [-0.2, 0) is 0 Å². The van der Waals surface area contributed by atoms with Crippen LogP contribution in [0.5, 0.6) is 0 Å². The van der Waals surface area contributed by atoms with Gasteiger partial charge >= 0.3 is 0 Å². The van der Waals surface area contributed by atoms with Gasteiger partial charge in [0.2, 0.25) is 0 Å². The molecule has 0 spiro atoms. The first-order chi connectivity index (χ1) is 7.59. The monoisotopic (exact) mass is 223 g/mol. The van der Waals surface area contributed by atoms with E-state index in [0.29, 0.717) is 11.5 Å². The van der Waals surface area contributed by atoms with Crippen molar-refractivity contribution < 1.29 is 0 Å². The van der Waals surface area contributed by atoms with Crippen molar-refractivity contribution in [1.29, 1.82) is 0 Å². The van der Waals surface area contributed by atoms with Crippen molar-refractivity contribution >= 4 is 0 Å². The van der Waals surface area contributed by atoms with Crippen LogP contribution in [0.4, 0.5) is 0 Å². The summed E-state index contributed by atoms with van der Waals surface area (Å²) < 4.78 is 0. The summed E-state index contributed by atoms with van der Waals surface area (Å²) in [5.74, 6) is 0.751. The van der Waals surface area contributed by atoms with Crippen molar-refractivity contribution in [1.82, 2.24) is 25.9 Å². The second-order valence-corrected chi connectivity index (χ2v) is 5.45. The van der Waals surface area contributed by atoms with E-state index in [9.17, 15) is 0 Å². The Morgan fingerprint density at radius 1 is 1.44 bits per heavy atom. The van der Waals surface area contributed by atoms with Gasteiger partial charge < -0.3 is 5.32 Å². The van der Waals surface area contributed by atoms with Crippen molar-refractivity contribution in [3.8, 4) is 0 Å². The van der Waals surface area contributed by atoms with Gasteiger partial charge in [-0.05, 0) is 25.2 Å². The molecule has 1 aromatic heterocycles. The summed E-state index contributed by atoms with van der Waals surface area (Å²) in [5.41, 5.74) is 0.371. The Morgan fingerprint density at radius 3 is 2.88 bits per heavy atom. The zero-order chi connectivity index (χ0) is 11.6. The number of H-pyrrole nitrogens is 1. The highest BCUT2D eigenvalue weighted by Gasteiger charge is 2.33. The van der Waals surface area contributed by atoms with Gasteiger partial charge in [0.1, 0.15) is 0 Å². The fraction of sp³-hybridized carbons (Fsp3) is 0.909. The molecule has 1 aromatic rings. The minimum Gasteiger partial charge on any atom is -0.304 e. The number of hydrogen-bond donors (Lipinski definition) is 2. The largest absolute Gasteiger partial charge is 0.304 e. The second kappa shape index (κ2) is 4.49. The maximum Gasteiger partial charge on any atom is 0.191 e. The molecule has 90 valence electrons. The summed E-state index contributed by atoms with van der Waals surface area (Å²) in [6.45, 7) is 6.77. The highest BCUT2D eigenvalue weighted by Crippen LogP contribution is 2.36. The lowest BCUT2D eigenvalue weighted by atomic mass is 9.73. The Kier molecular flexibility index (Phi) is 3.23. The molecule has 5 nitrogen and oxygen atoms in total. The van der Waals surface area contributed by atoms with E-state index in [0.717, 1.165) is 5.82 Å². The van der Waals surface area contributed by atoms with E-state index < -0.39 is 0 Å². The van der Waals surface area contributed by atoms with E-state index in [4.69, 9.17) is 0 Å². The molecule has 1 saturated carbocycles. The maximum absolute atomic E-state index is 4.02. The first-order valence-electron chi connectivity index (χ1n) is 6.09. The number of aromatic amines is 1. The Morgan fingerprint density at radius 2 is 2.25 bits per heavy atom. The van der Waals surface area contributed by atoms with Gasteiger partial charge in [-0.15, -0.1) is 10.2 Å². The molecule has 0 amide bonds. The third-order valence-electron chi connectivity index (χ3n) is 3.71. The minimum absolute atomic E-state index is 0.168. The van der Waals surface area contributed by atoms with Crippen molar-refractivity contribution in [3.05, 3.63) is 5.82 Å². The number of nitrogens with zero attached hydrogens (tertiary/aromatic N) is 3. The predicted molar refractivity (Wildman–Crippen MR) is 61.8 cm³/mol. The minimum atomic E-state index is 0.168. The average molecular weight is 223 g/mol. The molecular formula is C11H21N5. The number of nitrogens with one attached hydrogen (secondary N) is 2. The molecule has 1 heterocycles. The Labute approximate surface area is 96.4 Å². The summed E-state index contributed by atoms with van der Waals surface area (Å²) in [5, 5.41) is 17.8. The van der Waals surface area contributed by atoms with Crippen LogP contribution in [0, 0.1) is 5.41 Å². The smallest absolute Gasteiger partial charge is 0.191 e. The first-order valence-corrected chi connectivity index (χ1v) is 6.09. The molecule has 2 rings (SSSR count). The van der Waals surface area contributed by atoms with Crippen molar-refractivity contribution in [2.75, 3.05) is 0 Å². The summed E-state index contributed by atoms with van der Waals surface area (Å²) in [6.07, 6.45) is 5.21. The van der Waals surface area contributed by atoms with Crippen LogP contribution in [0.25, 0.3) is 0 Å².